The van der Waals surface area contributed by atoms with Crippen molar-refractivity contribution in [2.24, 2.45) is 5.92 Å². The number of hydrogen-bond donors (Lipinski definition) is 1. The van der Waals surface area contributed by atoms with Crippen LogP contribution in [0.4, 0.5) is 4.39 Å². The average molecular weight is 265 g/mol. The molecule has 0 fully saturated rings. The van der Waals surface area contributed by atoms with E-state index in [-0.39, 0.29) is 5.82 Å². The SMILES string of the molecule is CCCNC(Cc1cc(F)ccc1C)C(C)CCC. The monoisotopic (exact) mass is 265 g/mol. The molecule has 2 atom stereocenters. The van der Waals surface area contributed by atoms with Gasteiger partial charge in [-0.25, -0.2) is 4.39 Å². The predicted octanol–water partition coefficient (Wildman–Crippen LogP) is 4.48. The molecule has 0 aliphatic carbocycles. The minimum Gasteiger partial charge on any atom is -0.313 e. The van der Waals surface area contributed by atoms with Crippen molar-refractivity contribution in [2.45, 2.75) is 59.4 Å². The first-order chi connectivity index (χ1) is 9.08. The summed E-state index contributed by atoms with van der Waals surface area (Å²) in [5, 5.41) is 3.63. The van der Waals surface area contributed by atoms with Crippen LogP contribution in [0.3, 0.4) is 0 Å². The second-order valence-electron chi connectivity index (χ2n) is 5.60. The van der Waals surface area contributed by atoms with Gasteiger partial charge in [-0.3, -0.25) is 0 Å². The van der Waals surface area contributed by atoms with Gasteiger partial charge in [0.25, 0.3) is 0 Å². The first-order valence-electron chi connectivity index (χ1n) is 7.56. The fourth-order valence-corrected chi connectivity index (χ4v) is 2.56. The molecule has 0 heterocycles. The summed E-state index contributed by atoms with van der Waals surface area (Å²) in [5.74, 6) is 0.497. The van der Waals surface area contributed by atoms with Gasteiger partial charge in [-0.2, -0.15) is 0 Å². The third-order valence-electron chi connectivity index (χ3n) is 3.84. The molecule has 0 aliphatic heterocycles. The molecule has 0 amide bonds. The summed E-state index contributed by atoms with van der Waals surface area (Å²) in [4.78, 5) is 0. The van der Waals surface area contributed by atoms with Crippen molar-refractivity contribution in [3.63, 3.8) is 0 Å². The lowest BCUT2D eigenvalue weighted by molar-refractivity contribution is 0.352. The molecule has 0 spiro atoms. The van der Waals surface area contributed by atoms with Crippen molar-refractivity contribution < 1.29 is 4.39 Å². The Labute approximate surface area is 117 Å². The minimum absolute atomic E-state index is 0.127. The van der Waals surface area contributed by atoms with E-state index in [2.05, 4.69) is 33.0 Å². The number of aryl methyl sites for hydroxylation is 1. The van der Waals surface area contributed by atoms with Crippen molar-refractivity contribution in [3.05, 3.63) is 35.1 Å². The van der Waals surface area contributed by atoms with E-state index < -0.39 is 0 Å². The molecule has 1 nitrogen and oxygen atoms in total. The molecule has 1 rings (SSSR count). The predicted molar refractivity (Wildman–Crippen MR) is 81.0 cm³/mol. The van der Waals surface area contributed by atoms with Crippen LogP contribution in [0, 0.1) is 18.7 Å². The Bertz CT molecular complexity index is 376. The summed E-state index contributed by atoms with van der Waals surface area (Å²) in [6.07, 6.45) is 4.48. The number of rotatable bonds is 8. The van der Waals surface area contributed by atoms with Gasteiger partial charge in [0.05, 0.1) is 0 Å². The van der Waals surface area contributed by atoms with Gasteiger partial charge in [-0.1, -0.05) is 33.3 Å². The van der Waals surface area contributed by atoms with Crippen LogP contribution in [0.1, 0.15) is 51.2 Å². The van der Waals surface area contributed by atoms with Crippen molar-refractivity contribution in [2.75, 3.05) is 6.54 Å². The highest BCUT2D eigenvalue weighted by atomic mass is 19.1. The highest BCUT2D eigenvalue weighted by Crippen LogP contribution is 2.18. The fourth-order valence-electron chi connectivity index (χ4n) is 2.56. The van der Waals surface area contributed by atoms with Gasteiger partial charge in [0.2, 0.25) is 0 Å². The summed E-state index contributed by atoms with van der Waals surface area (Å²) in [5.41, 5.74) is 2.32. The van der Waals surface area contributed by atoms with Crippen LogP contribution in [0.15, 0.2) is 18.2 Å². The summed E-state index contributed by atoms with van der Waals surface area (Å²) in [6, 6.07) is 5.56. The lowest BCUT2D eigenvalue weighted by atomic mass is 9.90. The summed E-state index contributed by atoms with van der Waals surface area (Å²) < 4.78 is 13.4. The molecule has 2 unspecified atom stereocenters. The quantitative estimate of drug-likeness (QED) is 0.730. The molecule has 0 aromatic heterocycles. The van der Waals surface area contributed by atoms with Crippen molar-refractivity contribution >= 4 is 0 Å². The Morgan fingerprint density at radius 3 is 2.58 bits per heavy atom. The Kier molecular flexibility index (Phi) is 7.07. The molecule has 19 heavy (non-hydrogen) atoms. The number of nitrogens with one attached hydrogen (secondary N) is 1. The van der Waals surface area contributed by atoms with Crippen LogP contribution in [0.25, 0.3) is 0 Å². The van der Waals surface area contributed by atoms with E-state index in [1.54, 1.807) is 12.1 Å². The van der Waals surface area contributed by atoms with Crippen LogP contribution in [-0.4, -0.2) is 12.6 Å². The Morgan fingerprint density at radius 2 is 1.95 bits per heavy atom. The molecular weight excluding hydrogens is 237 g/mol. The molecular formula is C17H28FN. The van der Waals surface area contributed by atoms with Gasteiger partial charge in [-0.05, 0) is 61.9 Å². The highest BCUT2D eigenvalue weighted by molar-refractivity contribution is 5.27. The standard InChI is InChI=1S/C17H28FN/c1-5-7-14(4)17(19-10-6-2)12-15-11-16(18)9-8-13(15)3/h8-9,11,14,17,19H,5-7,10,12H2,1-4H3. The van der Waals surface area contributed by atoms with Crippen LogP contribution in [0.2, 0.25) is 0 Å². The third kappa shape index (κ3) is 5.32. The van der Waals surface area contributed by atoms with Crippen molar-refractivity contribution in [1.29, 1.82) is 0 Å². The van der Waals surface area contributed by atoms with Crippen molar-refractivity contribution in [3.8, 4) is 0 Å². The van der Waals surface area contributed by atoms with E-state index in [9.17, 15) is 4.39 Å². The fraction of sp³-hybridized carbons (Fsp3) is 0.647. The van der Waals surface area contributed by atoms with Crippen LogP contribution >= 0.6 is 0 Å². The molecule has 2 heteroatoms. The topological polar surface area (TPSA) is 12.0 Å². The van der Waals surface area contributed by atoms with E-state index >= 15 is 0 Å². The van der Waals surface area contributed by atoms with E-state index in [1.807, 2.05) is 6.07 Å². The first kappa shape index (κ1) is 16.2. The summed E-state index contributed by atoms with van der Waals surface area (Å²) >= 11 is 0. The highest BCUT2D eigenvalue weighted by Gasteiger charge is 2.17. The van der Waals surface area contributed by atoms with Gasteiger partial charge < -0.3 is 5.32 Å². The largest absolute Gasteiger partial charge is 0.313 e. The molecule has 1 aromatic carbocycles. The molecule has 1 N–H and O–H groups in total. The molecule has 0 bridgehead atoms. The summed E-state index contributed by atoms with van der Waals surface area (Å²) in [6.45, 7) is 9.80. The number of benzene rings is 1. The zero-order chi connectivity index (χ0) is 14.3. The summed E-state index contributed by atoms with van der Waals surface area (Å²) in [7, 11) is 0. The van der Waals surface area contributed by atoms with Crippen LogP contribution in [0.5, 0.6) is 0 Å². The Morgan fingerprint density at radius 1 is 1.21 bits per heavy atom. The second-order valence-corrected chi connectivity index (χ2v) is 5.60. The van der Waals surface area contributed by atoms with Crippen LogP contribution in [-0.2, 0) is 6.42 Å². The van der Waals surface area contributed by atoms with E-state index in [1.165, 1.54) is 18.4 Å². The number of hydrogen-bond acceptors (Lipinski definition) is 1. The molecule has 1 aromatic rings. The Balaban J connectivity index is 2.77. The second kappa shape index (κ2) is 8.31. The third-order valence-corrected chi connectivity index (χ3v) is 3.84. The van der Waals surface area contributed by atoms with Gasteiger partial charge in [0.1, 0.15) is 5.82 Å². The molecule has 108 valence electrons. The lowest BCUT2D eigenvalue weighted by Gasteiger charge is -2.26. The minimum atomic E-state index is -0.127. The van der Waals surface area contributed by atoms with Crippen LogP contribution < -0.4 is 5.32 Å². The molecule has 0 radical (unpaired) electrons. The lowest BCUT2D eigenvalue weighted by Crippen LogP contribution is -2.37. The van der Waals surface area contributed by atoms with Gasteiger partial charge in [0, 0.05) is 6.04 Å². The van der Waals surface area contributed by atoms with Crippen molar-refractivity contribution in [1.82, 2.24) is 5.32 Å². The maximum absolute atomic E-state index is 13.4. The van der Waals surface area contributed by atoms with Gasteiger partial charge >= 0.3 is 0 Å². The van der Waals surface area contributed by atoms with E-state index in [0.717, 1.165) is 24.9 Å². The maximum atomic E-state index is 13.4. The number of halogens is 1. The smallest absolute Gasteiger partial charge is 0.123 e. The van der Waals surface area contributed by atoms with E-state index in [0.29, 0.717) is 12.0 Å². The zero-order valence-corrected chi connectivity index (χ0v) is 12.8. The normalized spacial score (nSPS) is 14.4. The molecule has 0 aliphatic rings. The molecule has 0 saturated carbocycles. The maximum Gasteiger partial charge on any atom is 0.123 e. The first-order valence-corrected chi connectivity index (χ1v) is 7.56. The van der Waals surface area contributed by atoms with Gasteiger partial charge in [0.15, 0.2) is 0 Å². The van der Waals surface area contributed by atoms with Gasteiger partial charge in [-0.15, -0.1) is 0 Å². The Hall–Kier alpha value is -0.890. The average Bonchev–Trinajstić information content (AvgIpc) is 2.38. The zero-order valence-electron chi connectivity index (χ0n) is 12.8. The van der Waals surface area contributed by atoms with E-state index in [4.69, 9.17) is 0 Å². The molecule has 0 saturated heterocycles.